The van der Waals surface area contributed by atoms with Gasteiger partial charge in [-0.3, -0.25) is 4.79 Å². The molecule has 1 fully saturated rings. The van der Waals surface area contributed by atoms with E-state index in [4.69, 9.17) is 23.2 Å². The summed E-state index contributed by atoms with van der Waals surface area (Å²) in [4.78, 5) is 19.3. The van der Waals surface area contributed by atoms with Crippen molar-refractivity contribution in [1.29, 1.82) is 0 Å². The molecule has 0 saturated heterocycles. The minimum atomic E-state index is -0.128. The Morgan fingerprint density at radius 2 is 2.05 bits per heavy atom. The van der Waals surface area contributed by atoms with Crippen molar-refractivity contribution < 1.29 is 0 Å². The van der Waals surface area contributed by atoms with E-state index >= 15 is 0 Å². The molecule has 6 heteroatoms. The number of aromatic nitrogens is 2. The molecular formula is C14H11BrCl2N2O. The molecule has 1 heterocycles. The monoisotopic (exact) mass is 372 g/mol. The Hall–Kier alpha value is -0.840. The van der Waals surface area contributed by atoms with Crippen molar-refractivity contribution in [2.75, 3.05) is 0 Å². The minimum Gasteiger partial charge on any atom is -0.309 e. The Kier molecular flexibility index (Phi) is 3.89. The first kappa shape index (κ1) is 14.1. The summed E-state index contributed by atoms with van der Waals surface area (Å²) in [6.45, 7) is 0. The lowest BCUT2D eigenvalue weighted by molar-refractivity contribution is 0.871. The third-order valence-electron chi connectivity index (χ3n) is 3.26. The van der Waals surface area contributed by atoms with Crippen molar-refractivity contribution in [3.8, 4) is 0 Å². The molecule has 1 N–H and O–H groups in total. The smallest absolute Gasteiger partial charge is 0.265 e. The van der Waals surface area contributed by atoms with Crippen LogP contribution >= 0.6 is 39.1 Å². The Morgan fingerprint density at radius 3 is 2.70 bits per heavy atom. The molecule has 0 aliphatic heterocycles. The van der Waals surface area contributed by atoms with Crippen molar-refractivity contribution in [3.63, 3.8) is 0 Å². The van der Waals surface area contributed by atoms with Crippen LogP contribution in [0.15, 0.2) is 27.5 Å². The van der Waals surface area contributed by atoms with Crippen molar-refractivity contribution >= 4 is 39.1 Å². The van der Waals surface area contributed by atoms with Crippen molar-refractivity contribution in [2.45, 2.75) is 25.2 Å². The fourth-order valence-corrected chi connectivity index (χ4v) is 2.91. The molecule has 0 radical (unpaired) electrons. The van der Waals surface area contributed by atoms with Gasteiger partial charge in [0.15, 0.2) is 0 Å². The molecular weight excluding hydrogens is 363 g/mol. The summed E-state index contributed by atoms with van der Waals surface area (Å²) in [6.07, 6.45) is 2.72. The summed E-state index contributed by atoms with van der Waals surface area (Å²) in [7, 11) is 0. The van der Waals surface area contributed by atoms with Crippen molar-refractivity contribution in [3.05, 3.63) is 60.2 Å². The van der Waals surface area contributed by atoms with Gasteiger partial charge in [0.05, 0.1) is 15.7 Å². The SMILES string of the molecule is O=c1[nH]c(Cc2ccc(Cl)c(Cl)c2)nc(C2CC2)c1Br. The third kappa shape index (κ3) is 2.92. The van der Waals surface area contributed by atoms with E-state index in [2.05, 4.69) is 25.9 Å². The zero-order chi connectivity index (χ0) is 14.3. The molecule has 0 atom stereocenters. The van der Waals surface area contributed by atoms with E-state index in [-0.39, 0.29) is 5.56 Å². The molecule has 1 aliphatic carbocycles. The van der Waals surface area contributed by atoms with Gasteiger partial charge in [-0.05, 0) is 46.5 Å². The summed E-state index contributed by atoms with van der Waals surface area (Å²) in [6, 6.07) is 5.42. The minimum absolute atomic E-state index is 0.128. The zero-order valence-electron chi connectivity index (χ0n) is 10.4. The number of rotatable bonds is 3. The summed E-state index contributed by atoms with van der Waals surface area (Å²) in [5, 5.41) is 1.03. The van der Waals surface area contributed by atoms with Gasteiger partial charge in [-0.2, -0.15) is 0 Å². The van der Waals surface area contributed by atoms with E-state index < -0.39 is 0 Å². The van der Waals surface area contributed by atoms with Crippen LogP contribution < -0.4 is 5.56 Å². The van der Waals surface area contributed by atoms with Crippen LogP contribution in [0.2, 0.25) is 10.0 Å². The van der Waals surface area contributed by atoms with Gasteiger partial charge in [0.2, 0.25) is 0 Å². The number of hydrogen-bond acceptors (Lipinski definition) is 2. The molecule has 0 amide bonds. The normalized spacial score (nSPS) is 14.6. The molecule has 2 aromatic rings. The summed E-state index contributed by atoms with van der Waals surface area (Å²) >= 11 is 15.2. The maximum atomic E-state index is 11.9. The molecule has 3 nitrogen and oxygen atoms in total. The van der Waals surface area contributed by atoms with Crippen LogP contribution in [0.5, 0.6) is 0 Å². The van der Waals surface area contributed by atoms with Crippen LogP contribution in [0.4, 0.5) is 0 Å². The number of nitrogens with one attached hydrogen (secondary N) is 1. The molecule has 0 bridgehead atoms. The Morgan fingerprint density at radius 1 is 1.30 bits per heavy atom. The lowest BCUT2D eigenvalue weighted by Crippen LogP contribution is -2.15. The van der Waals surface area contributed by atoms with E-state index in [1.807, 2.05) is 6.07 Å². The highest BCUT2D eigenvalue weighted by atomic mass is 79.9. The number of benzene rings is 1. The first-order chi connectivity index (χ1) is 9.54. The second-order valence-corrected chi connectivity index (χ2v) is 6.52. The van der Waals surface area contributed by atoms with E-state index in [1.165, 1.54) is 0 Å². The number of H-pyrrole nitrogens is 1. The number of halogens is 3. The molecule has 0 unspecified atom stereocenters. The second-order valence-electron chi connectivity index (χ2n) is 4.91. The summed E-state index contributed by atoms with van der Waals surface area (Å²) in [5.41, 5.74) is 1.70. The lowest BCUT2D eigenvalue weighted by atomic mass is 10.1. The van der Waals surface area contributed by atoms with Crippen molar-refractivity contribution in [2.24, 2.45) is 0 Å². The predicted octanol–water partition coefficient (Wildman–Crippen LogP) is 4.31. The maximum Gasteiger partial charge on any atom is 0.265 e. The highest BCUT2D eigenvalue weighted by molar-refractivity contribution is 9.10. The molecule has 20 heavy (non-hydrogen) atoms. The van der Waals surface area contributed by atoms with Gasteiger partial charge in [0.1, 0.15) is 10.3 Å². The topological polar surface area (TPSA) is 45.8 Å². The number of aromatic amines is 1. The third-order valence-corrected chi connectivity index (χ3v) is 4.76. The van der Waals surface area contributed by atoms with E-state index in [9.17, 15) is 4.79 Å². The molecule has 104 valence electrons. The van der Waals surface area contributed by atoms with Crippen LogP contribution in [0.1, 0.15) is 35.8 Å². The Balaban J connectivity index is 1.94. The average Bonchev–Trinajstić information content (AvgIpc) is 3.22. The van der Waals surface area contributed by atoms with Crippen LogP contribution in [-0.2, 0) is 6.42 Å². The Labute approximate surface area is 134 Å². The van der Waals surface area contributed by atoms with Gasteiger partial charge in [0, 0.05) is 12.3 Å². The highest BCUT2D eigenvalue weighted by Crippen LogP contribution is 2.41. The van der Waals surface area contributed by atoms with Crippen LogP contribution in [0.3, 0.4) is 0 Å². The fraction of sp³-hybridized carbons (Fsp3) is 0.286. The molecule has 3 rings (SSSR count). The molecule has 1 aromatic carbocycles. The standard InChI is InChI=1S/C14H11BrCl2N2O/c15-12-13(8-2-3-8)18-11(19-14(12)20)6-7-1-4-9(16)10(17)5-7/h1,4-5,8H,2-3,6H2,(H,18,19,20). The van der Waals surface area contributed by atoms with Gasteiger partial charge < -0.3 is 4.98 Å². The molecule has 1 saturated carbocycles. The predicted molar refractivity (Wildman–Crippen MR) is 83.8 cm³/mol. The quantitative estimate of drug-likeness (QED) is 0.871. The van der Waals surface area contributed by atoms with Crippen LogP contribution in [0, 0.1) is 0 Å². The van der Waals surface area contributed by atoms with Gasteiger partial charge in [0.25, 0.3) is 5.56 Å². The zero-order valence-corrected chi connectivity index (χ0v) is 13.5. The summed E-state index contributed by atoms with van der Waals surface area (Å²) < 4.78 is 0.554. The van der Waals surface area contributed by atoms with Gasteiger partial charge in [-0.25, -0.2) is 4.98 Å². The lowest BCUT2D eigenvalue weighted by Gasteiger charge is -2.07. The highest BCUT2D eigenvalue weighted by Gasteiger charge is 2.28. The van der Waals surface area contributed by atoms with Crippen LogP contribution in [0.25, 0.3) is 0 Å². The van der Waals surface area contributed by atoms with E-state index in [0.717, 1.165) is 24.1 Å². The number of hydrogen-bond donors (Lipinski definition) is 1. The number of nitrogens with zero attached hydrogens (tertiary/aromatic N) is 1. The summed E-state index contributed by atoms with van der Waals surface area (Å²) in [5.74, 6) is 1.07. The molecule has 1 aliphatic rings. The first-order valence-corrected chi connectivity index (χ1v) is 7.82. The Bertz CT molecular complexity index is 726. The average molecular weight is 374 g/mol. The largest absolute Gasteiger partial charge is 0.309 e. The van der Waals surface area contributed by atoms with Gasteiger partial charge in [-0.1, -0.05) is 29.3 Å². The fourth-order valence-electron chi connectivity index (χ4n) is 2.08. The van der Waals surface area contributed by atoms with E-state index in [1.54, 1.807) is 12.1 Å². The van der Waals surface area contributed by atoms with Gasteiger partial charge >= 0.3 is 0 Å². The van der Waals surface area contributed by atoms with Gasteiger partial charge in [-0.15, -0.1) is 0 Å². The second kappa shape index (κ2) is 5.51. The van der Waals surface area contributed by atoms with Crippen molar-refractivity contribution in [1.82, 2.24) is 9.97 Å². The van der Waals surface area contributed by atoms with E-state index in [0.29, 0.717) is 32.7 Å². The molecule has 1 aromatic heterocycles. The molecule has 0 spiro atoms. The maximum absolute atomic E-state index is 11.9. The first-order valence-electron chi connectivity index (χ1n) is 6.27. The van der Waals surface area contributed by atoms with Crippen LogP contribution in [-0.4, -0.2) is 9.97 Å².